The van der Waals surface area contributed by atoms with E-state index in [0.29, 0.717) is 12.0 Å². The van der Waals surface area contributed by atoms with Crippen molar-refractivity contribution in [1.29, 1.82) is 0 Å². The molecule has 0 fully saturated rings. The highest BCUT2D eigenvalue weighted by Crippen LogP contribution is 2.25. The maximum atomic E-state index is 6.01. The summed E-state index contributed by atoms with van der Waals surface area (Å²) in [5, 5.41) is 0. The zero-order valence-corrected chi connectivity index (χ0v) is 9.30. The average Bonchev–Trinajstić information content (AvgIpc) is 2.12. The SMILES string of the molecule is CCC(C)C(C)C(C)C(N)CC. The van der Waals surface area contributed by atoms with E-state index in [-0.39, 0.29) is 0 Å². The zero-order chi connectivity index (χ0) is 9.72. The van der Waals surface area contributed by atoms with Gasteiger partial charge in [0.25, 0.3) is 0 Å². The Labute approximate surface area is 77.7 Å². The maximum absolute atomic E-state index is 6.01. The number of hydrogen-bond acceptors (Lipinski definition) is 1. The molecule has 1 nitrogen and oxygen atoms in total. The third-order valence-electron chi connectivity index (χ3n) is 3.52. The minimum Gasteiger partial charge on any atom is -0.327 e. The van der Waals surface area contributed by atoms with E-state index in [1.54, 1.807) is 0 Å². The molecule has 0 aromatic rings. The first-order chi connectivity index (χ1) is 5.54. The standard InChI is InChI=1S/C11H25N/c1-6-8(3)9(4)10(5)11(12)7-2/h8-11H,6-7,12H2,1-5H3. The summed E-state index contributed by atoms with van der Waals surface area (Å²) in [4.78, 5) is 0. The van der Waals surface area contributed by atoms with E-state index in [0.717, 1.165) is 18.3 Å². The highest BCUT2D eigenvalue weighted by molar-refractivity contribution is 4.75. The number of hydrogen-bond donors (Lipinski definition) is 1. The molecule has 0 aliphatic rings. The molecular weight excluding hydrogens is 146 g/mol. The molecular formula is C11H25N. The lowest BCUT2D eigenvalue weighted by atomic mass is 9.79. The van der Waals surface area contributed by atoms with E-state index < -0.39 is 0 Å². The van der Waals surface area contributed by atoms with E-state index >= 15 is 0 Å². The molecule has 4 unspecified atom stereocenters. The maximum Gasteiger partial charge on any atom is 0.00645 e. The third kappa shape index (κ3) is 3.14. The van der Waals surface area contributed by atoms with Crippen LogP contribution in [0.15, 0.2) is 0 Å². The molecule has 0 aliphatic carbocycles. The summed E-state index contributed by atoms with van der Waals surface area (Å²) in [6.45, 7) is 11.4. The summed E-state index contributed by atoms with van der Waals surface area (Å²) in [7, 11) is 0. The number of nitrogens with two attached hydrogens (primary N) is 1. The van der Waals surface area contributed by atoms with Crippen molar-refractivity contribution < 1.29 is 0 Å². The second-order valence-corrected chi connectivity index (χ2v) is 4.18. The van der Waals surface area contributed by atoms with Gasteiger partial charge in [-0.05, 0) is 24.2 Å². The molecule has 0 spiro atoms. The first kappa shape index (κ1) is 12.0. The summed E-state index contributed by atoms with van der Waals surface area (Å²) in [6, 6.07) is 0.383. The molecule has 2 N–H and O–H groups in total. The van der Waals surface area contributed by atoms with E-state index in [9.17, 15) is 0 Å². The lowest BCUT2D eigenvalue weighted by Gasteiger charge is -2.29. The molecule has 4 atom stereocenters. The number of rotatable bonds is 5. The molecule has 1 heteroatoms. The van der Waals surface area contributed by atoms with Crippen molar-refractivity contribution in [2.45, 2.75) is 53.5 Å². The van der Waals surface area contributed by atoms with E-state index in [1.807, 2.05) is 0 Å². The molecule has 0 radical (unpaired) electrons. The molecule has 0 saturated heterocycles. The first-order valence-corrected chi connectivity index (χ1v) is 5.30. The minimum atomic E-state index is 0.383. The van der Waals surface area contributed by atoms with Crippen LogP contribution in [0.2, 0.25) is 0 Å². The van der Waals surface area contributed by atoms with E-state index in [4.69, 9.17) is 5.73 Å². The molecule has 0 bridgehead atoms. The van der Waals surface area contributed by atoms with Gasteiger partial charge in [0.2, 0.25) is 0 Å². The fraction of sp³-hybridized carbons (Fsp3) is 1.00. The first-order valence-electron chi connectivity index (χ1n) is 5.30. The van der Waals surface area contributed by atoms with Crippen LogP contribution in [0.3, 0.4) is 0 Å². The summed E-state index contributed by atoms with van der Waals surface area (Å²) >= 11 is 0. The molecule has 74 valence electrons. The second-order valence-electron chi connectivity index (χ2n) is 4.18. The van der Waals surface area contributed by atoms with E-state index in [2.05, 4.69) is 34.6 Å². The van der Waals surface area contributed by atoms with Gasteiger partial charge >= 0.3 is 0 Å². The Hall–Kier alpha value is -0.0400. The highest BCUT2D eigenvalue weighted by atomic mass is 14.6. The van der Waals surface area contributed by atoms with Crippen LogP contribution in [0.5, 0.6) is 0 Å². The molecule has 12 heavy (non-hydrogen) atoms. The van der Waals surface area contributed by atoms with Gasteiger partial charge in [-0.15, -0.1) is 0 Å². The second kappa shape index (κ2) is 5.58. The van der Waals surface area contributed by atoms with Gasteiger partial charge in [-0.1, -0.05) is 41.0 Å². The van der Waals surface area contributed by atoms with Crippen LogP contribution < -0.4 is 5.73 Å². The van der Waals surface area contributed by atoms with Crippen molar-refractivity contribution in [1.82, 2.24) is 0 Å². The van der Waals surface area contributed by atoms with Crippen LogP contribution in [-0.4, -0.2) is 6.04 Å². The predicted octanol–water partition coefficient (Wildman–Crippen LogP) is 3.04. The molecule has 0 aromatic carbocycles. The molecule has 0 rings (SSSR count). The lowest BCUT2D eigenvalue weighted by Crippen LogP contribution is -2.33. The smallest absolute Gasteiger partial charge is 0.00645 e. The average molecular weight is 171 g/mol. The van der Waals surface area contributed by atoms with Gasteiger partial charge in [-0.2, -0.15) is 0 Å². The minimum absolute atomic E-state index is 0.383. The zero-order valence-electron chi connectivity index (χ0n) is 9.30. The molecule has 0 aromatic heterocycles. The van der Waals surface area contributed by atoms with Gasteiger partial charge in [0.15, 0.2) is 0 Å². The van der Waals surface area contributed by atoms with Gasteiger partial charge in [-0.3, -0.25) is 0 Å². The van der Waals surface area contributed by atoms with Crippen LogP contribution in [0, 0.1) is 17.8 Å². The molecule has 0 heterocycles. The van der Waals surface area contributed by atoms with Crippen LogP contribution in [0.4, 0.5) is 0 Å². The highest BCUT2D eigenvalue weighted by Gasteiger charge is 2.21. The Kier molecular flexibility index (Phi) is 5.56. The monoisotopic (exact) mass is 171 g/mol. The Balaban J connectivity index is 3.99. The summed E-state index contributed by atoms with van der Waals surface area (Å²) in [5.74, 6) is 2.22. The fourth-order valence-corrected chi connectivity index (χ4v) is 1.65. The van der Waals surface area contributed by atoms with Gasteiger partial charge in [0.1, 0.15) is 0 Å². The van der Waals surface area contributed by atoms with Gasteiger partial charge in [0.05, 0.1) is 0 Å². The van der Waals surface area contributed by atoms with Crippen molar-refractivity contribution in [3.63, 3.8) is 0 Å². The van der Waals surface area contributed by atoms with Crippen molar-refractivity contribution in [2.75, 3.05) is 0 Å². The predicted molar refractivity (Wildman–Crippen MR) is 56.0 cm³/mol. The van der Waals surface area contributed by atoms with Crippen molar-refractivity contribution in [2.24, 2.45) is 23.5 Å². The summed E-state index contributed by atoms with van der Waals surface area (Å²) in [5.41, 5.74) is 6.01. The topological polar surface area (TPSA) is 26.0 Å². The lowest BCUT2D eigenvalue weighted by molar-refractivity contribution is 0.235. The van der Waals surface area contributed by atoms with Crippen LogP contribution >= 0.6 is 0 Å². The Bertz CT molecular complexity index is 97.6. The molecule has 0 amide bonds. The Morgan fingerprint density at radius 3 is 1.75 bits per heavy atom. The van der Waals surface area contributed by atoms with Crippen LogP contribution in [0.25, 0.3) is 0 Å². The molecule has 0 aliphatic heterocycles. The van der Waals surface area contributed by atoms with Crippen molar-refractivity contribution in [3.8, 4) is 0 Å². The van der Waals surface area contributed by atoms with Gasteiger partial charge in [-0.25, -0.2) is 0 Å². The third-order valence-corrected chi connectivity index (χ3v) is 3.52. The molecule has 0 saturated carbocycles. The van der Waals surface area contributed by atoms with Crippen molar-refractivity contribution >= 4 is 0 Å². The van der Waals surface area contributed by atoms with Gasteiger partial charge < -0.3 is 5.73 Å². The fourth-order valence-electron chi connectivity index (χ4n) is 1.65. The van der Waals surface area contributed by atoms with Crippen LogP contribution in [-0.2, 0) is 0 Å². The van der Waals surface area contributed by atoms with Crippen LogP contribution in [0.1, 0.15) is 47.5 Å². The quantitative estimate of drug-likeness (QED) is 0.676. The van der Waals surface area contributed by atoms with Gasteiger partial charge in [0, 0.05) is 6.04 Å². The van der Waals surface area contributed by atoms with Crippen molar-refractivity contribution in [3.05, 3.63) is 0 Å². The Morgan fingerprint density at radius 1 is 0.917 bits per heavy atom. The largest absolute Gasteiger partial charge is 0.327 e. The van der Waals surface area contributed by atoms with E-state index in [1.165, 1.54) is 6.42 Å². The normalized spacial score (nSPS) is 21.5. The summed E-state index contributed by atoms with van der Waals surface area (Å²) in [6.07, 6.45) is 2.36. The summed E-state index contributed by atoms with van der Waals surface area (Å²) < 4.78 is 0. The Morgan fingerprint density at radius 2 is 1.42 bits per heavy atom.